The fourth-order valence-corrected chi connectivity index (χ4v) is 2.45. The Hall–Kier alpha value is -2.67. The van der Waals surface area contributed by atoms with E-state index in [1.165, 1.54) is 30.6 Å². The monoisotopic (exact) mass is 301 g/mol. The van der Waals surface area contributed by atoms with E-state index in [0.717, 1.165) is 11.0 Å². The zero-order valence-corrected chi connectivity index (χ0v) is 11.4. The van der Waals surface area contributed by atoms with Crippen LogP contribution in [0.3, 0.4) is 0 Å². The van der Waals surface area contributed by atoms with Crippen molar-refractivity contribution in [2.24, 2.45) is 5.73 Å². The van der Waals surface area contributed by atoms with E-state index in [9.17, 15) is 14.0 Å². The van der Waals surface area contributed by atoms with Gasteiger partial charge in [0.1, 0.15) is 10.8 Å². The molecule has 0 saturated heterocycles. The molecule has 104 valence electrons. The highest BCUT2D eigenvalue weighted by Gasteiger charge is 2.38. The van der Waals surface area contributed by atoms with E-state index in [2.05, 4.69) is 4.98 Å². The van der Waals surface area contributed by atoms with Gasteiger partial charge in [0, 0.05) is 12.4 Å². The van der Waals surface area contributed by atoms with Crippen molar-refractivity contribution in [3.05, 3.63) is 59.2 Å². The van der Waals surface area contributed by atoms with Crippen molar-refractivity contribution in [3.63, 3.8) is 0 Å². The zero-order chi connectivity index (χ0) is 15.1. The third-order valence-corrected chi connectivity index (χ3v) is 3.37. The Balaban J connectivity index is 2.21. The third kappa shape index (κ3) is 1.90. The lowest BCUT2D eigenvalue weighted by Crippen LogP contribution is -2.32. The number of hydrogen-bond acceptors (Lipinski definition) is 4. The van der Waals surface area contributed by atoms with Crippen molar-refractivity contribution in [2.45, 2.75) is 0 Å². The number of hydrogen-bond donors (Lipinski definition) is 1. The molecule has 2 aromatic rings. The van der Waals surface area contributed by atoms with E-state index in [0.29, 0.717) is 0 Å². The van der Waals surface area contributed by atoms with E-state index in [-0.39, 0.29) is 27.4 Å². The van der Waals surface area contributed by atoms with Crippen LogP contribution >= 0.6 is 12.2 Å². The number of carbonyl (C=O) groups is 2. The average Bonchev–Trinajstić information content (AvgIpc) is 2.71. The molecule has 0 bridgehead atoms. The SMILES string of the molecule is NC(=S)c1c(F)cccc1N1C(=O)c2ccncc2C1=O. The summed E-state index contributed by atoms with van der Waals surface area (Å²) >= 11 is 4.81. The average molecular weight is 301 g/mol. The summed E-state index contributed by atoms with van der Waals surface area (Å²) in [5.41, 5.74) is 5.80. The minimum absolute atomic E-state index is 0.0358. The van der Waals surface area contributed by atoms with Gasteiger partial charge in [0.25, 0.3) is 11.8 Å². The first-order valence-corrected chi connectivity index (χ1v) is 6.34. The molecule has 1 aliphatic rings. The smallest absolute Gasteiger partial charge is 0.267 e. The lowest BCUT2D eigenvalue weighted by atomic mass is 10.1. The molecule has 0 fully saturated rings. The lowest BCUT2D eigenvalue weighted by Gasteiger charge is -2.17. The summed E-state index contributed by atoms with van der Waals surface area (Å²) < 4.78 is 13.9. The number of nitrogens with zero attached hydrogens (tertiary/aromatic N) is 2. The van der Waals surface area contributed by atoms with Gasteiger partial charge in [0.05, 0.1) is 22.4 Å². The van der Waals surface area contributed by atoms with Crippen molar-refractivity contribution in [1.82, 2.24) is 4.98 Å². The minimum atomic E-state index is -0.685. The first-order chi connectivity index (χ1) is 10.0. The molecule has 2 heterocycles. The zero-order valence-electron chi connectivity index (χ0n) is 10.5. The molecule has 0 spiro atoms. The molecule has 0 saturated carbocycles. The molecular weight excluding hydrogens is 293 g/mol. The normalized spacial score (nSPS) is 13.5. The van der Waals surface area contributed by atoms with Crippen molar-refractivity contribution < 1.29 is 14.0 Å². The number of pyridine rings is 1. The first-order valence-electron chi connectivity index (χ1n) is 5.93. The van der Waals surface area contributed by atoms with Gasteiger partial charge in [0.2, 0.25) is 0 Å². The quantitative estimate of drug-likeness (QED) is 0.674. The van der Waals surface area contributed by atoms with Crippen LogP contribution in [0.25, 0.3) is 0 Å². The van der Waals surface area contributed by atoms with Crippen LogP contribution in [-0.4, -0.2) is 21.8 Å². The third-order valence-electron chi connectivity index (χ3n) is 3.17. The van der Waals surface area contributed by atoms with Gasteiger partial charge in [-0.05, 0) is 18.2 Å². The molecule has 1 aliphatic heterocycles. The number of benzene rings is 1. The maximum absolute atomic E-state index is 13.9. The second kappa shape index (κ2) is 4.71. The number of fused-ring (bicyclic) bond motifs is 1. The highest BCUT2D eigenvalue weighted by Crippen LogP contribution is 2.31. The van der Waals surface area contributed by atoms with Crippen molar-refractivity contribution >= 4 is 34.7 Å². The van der Waals surface area contributed by atoms with Crippen molar-refractivity contribution in [1.29, 1.82) is 0 Å². The van der Waals surface area contributed by atoms with E-state index in [4.69, 9.17) is 18.0 Å². The minimum Gasteiger partial charge on any atom is -0.389 e. The van der Waals surface area contributed by atoms with Crippen LogP contribution in [-0.2, 0) is 0 Å². The van der Waals surface area contributed by atoms with Gasteiger partial charge < -0.3 is 5.73 Å². The molecule has 2 N–H and O–H groups in total. The number of imide groups is 1. The topological polar surface area (TPSA) is 76.3 Å². The van der Waals surface area contributed by atoms with Gasteiger partial charge in [-0.1, -0.05) is 18.3 Å². The molecule has 0 aliphatic carbocycles. The van der Waals surface area contributed by atoms with Gasteiger partial charge >= 0.3 is 0 Å². The number of rotatable bonds is 2. The number of thiocarbonyl (C=S) groups is 1. The number of halogens is 1. The van der Waals surface area contributed by atoms with Crippen LogP contribution < -0.4 is 10.6 Å². The fraction of sp³-hybridized carbons (Fsp3) is 0. The molecule has 0 atom stereocenters. The van der Waals surface area contributed by atoms with Crippen LogP contribution in [0.4, 0.5) is 10.1 Å². The maximum atomic E-state index is 13.9. The van der Waals surface area contributed by atoms with Gasteiger partial charge in [-0.2, -0.15) is 0 Å². The Kier molecular flexibility index (Phi) is 2.99. The van der Waals surface area contributed by atoms with Crippen LogP contribution in [0, 0.1) is 5.82 Å². The summed E-state index contributed by atoms with van der Waals surface area (Å²) in [5, 5.41) is 0. The highest BCUT2D eigenvalue weighted by atomic mass is 32.1. The van der Waals surface area contributed by atoms with Crippen molar-refractivity contribution in [3.8, 4) is 0 Å². The predicted octanol–water partition coefficient (Wildman–Crippen LogP) is 1.66. The van der Waals surface area contributed by atoms with Crippen LogP contribution in [0.2, 0.25) is 0 Å². The summed E-state index contributed by atoms with van der Waals surface area (Å²) in [6, 6.07) is 5.41. The number of nitrogens with two attached hydrogens (primary N) is 1. The fourth-order valence-electron chi connectivity index (χ4n) is 2.25. The Morgan fingerprint density at radius 1 is 1.19 bits per heavy atom. The van der Waals surface area contributed by atoms with E-state index < -0.39 is 17.6 Å². The second-order valence-electron chi connectivity index (χ2n) is 4.37. The van der Waals surface area contributed by atoms with Gasteiger partial charge in [-0.15, -0.1) is 0 Å². The summed E-state index contributed by atoms with van der Waals surface area (Å²) in [7, 11) is 0. The van der Waals surface area contributed by atoms with Gasteiger partial charge in [-0.3, -0.25) is 14.6 Å². The van der Waals surface area contributed by atoms with E-state index >= 15 is 0 Å². The molecule has 21 heavy (non-hydrogen) atoms. The standard InChI is InChI=1S/C14H8FN3O2S/c15-9-2-1-3-10(11(9)12(16)21)18-13(19)7-4-5-17-6-8(7)14(18)20/h1-6H,(H2,16,21). The summed E-state index contributed by atoms with van der Waals surface area (Å²) in [5.74, 6) is -1.82. The molecular formula is C14H8FN3O2S. The number of carbonyl (C=O) groups excluding carboxylic acids is 2. The first kappa shape index (κ1) is 13.3. The maximum Gasteiger partial charge on any atom is 0.267 e. The molecule has 3 rings (SSSR count). The van der Waals surface area contributed by atoms with Gasteiger partial charge in [0.15, 0.2) is 0 Å². The Bertz CT molecular complexity index is 772. The van der Waals surface area contributed by atoms with E-state index in [1.54, 1.807) is 0 Å². The molecule has 2 amide bonds. The second-order valence-corrected chi connectivity index (χ2v) is 4.81. The number of amides is 2. The predicted molar refractivity (Wildman–Crippen MR) is 77.7 cm³/mol. The van der Waals surface area contributed by atoms with Gasteiger partial charge in [-0.25, -0.2) is 9.29 Å². The molecule has 7 heteroatoms. The Labute approximate surface area is 124 Å². The van der Waals surface area contributed by atoms with Crippen LogP contribution in [0.15, 0.2) is 36.7 Å². The molecule has 0 radical (unpaired) electrons. The Morgan fingerprint density at radius 2 is 1.90 bits per heavy atom. The number of anilines is 1. The van der Waals surface area contributed by atoms with Crippen molar-refractivity contribution in [2.75, 3.05) is 4.90 Å². The molecule has 0 unspecified atom stereocenters. The largest absolute Gasteiger partial charge is 0.389 e. The summed E-state index contributed by atoms with van der Waals surface area (Å²) in [4.78, 5) is 29.2. The lowest BCUT2D eigenvalue weighted by molar-refractivity contribution is 0.0926. The van der Waals surface area contributed by atoms with E-state index in [1.807, 2.05) is 0 Å². The summed E-state index contributed by atoms with van der Waals surface area (Å²) in [6.45, 7) is 0. The molecule has 5 nitrogen and oxygen atoms in total. The summed E-state index contributed by atoms with van der Waals surface area (Å²) in [6.07, 6.45) is 2.71. The van der Waals surface area contributed by atoms with Crippen LogP contribution in [0.5, 0.6) is 0 Å². The highest BCUT2D eigenvalue weighted by molar-refractivity contribution is 7.80. The molecule has 1 aromatic heterocycles. The van der Waals surface area contributed by atoms with Crippen LogP contribution in [0.1, 0.15) is 26.3 Å². The molecule has 1 aromatic carbocycles. The number of aromatic nitrogens is 1. The Morgan fingerprint density at radius 3 is 2.57 bits per heavy atom.